The van der Waals surface area contributed by atoms with Crippen molar-refractivity contribution in [3.8, 4) is 5.75 Å². The van der Waals surface area contributed by atoms with E-state index in [1.54, 1.807) is 38.4 Å². The van der Waals surface area contributed by atoms with E-state index >= 15 is 0 Å². The van der Waals surface area contributed by atoms with Crippen LogP contribution in [0.1, 0.15) is 11.1 Å². The molecule has 26 heavy (non-hydrogen) atoms. The lowest BCUT2D eigenvalue weighted by Gasteiger charge is -2.18. The molecule has 0 unspecified atom stereocenters. The molecule has 1 amide bonds. The summed E-state index contributed by atoms with van der Waals surface area (Å²) in [6.07, 6.45) is 2.79. The third kappa shape index (κ3) is 5.63. The van der Waals surface area contributed by atoms with Gasteiger partial charge in [0, 0.05) is 30.3 Å². The quantitative estimate of drug-likeness (QED) is 0.550. The third-order valence-electron chi connectivity index (χ3n) is 3.67. The molecule has 0 aromatic heterocycles. The van der Waals surface area contributed by atoms with Gasteiger partial charge in [0.05, 0.1) is 7.11 Å². The van der Waals surface area contributed by atoms with E-state index in [1.165, 1.54) is 11.0 Å². The zero-order valence-corrected chi connectivity index (χ0v) is 15.4. The number of hydrogen-bond donors (Lipinski definition) is 0. The van der Waals surface area contributed by atoms with Gasteiger partial charge < -0.3 is 14.4 Å². The van der Waals surface area contributed by atoms with Gasteiger partial charge in [0.2, 0.25) is 0 Å². The van der Waals surface area contributed by atoms with E-state index in [9.17, 15) is 9.59 Å². The minimum absolute atomic E-state index is 0.310. The molecule has 0 heterocycles. The fraction of sp³-hybridized carbons (Fsp3) is 0.200. The molecule has 6 heteroatoms. The van der Waals surface area contributed by atoms with E-state index in [1.807, 2.05) is 30.3 Å². The molecular formula is C20H20ClNO4. The van der Waals surface area contributed by atoms with Crippen molar-refractivity contribution in [3.63, 3.8) is 0 Å². The summed E-state index contributed by atoms with van der Waals surface area (Å²) >= 11 is 6.00. The lowest BCUT2D eigenvalue weighted by molar-refractivity contribution is -0.147. The van der Waals surface area contributed by atoms with E-state index in [4.69, 9.17) is 21.1 Å². The van der Waals surface area contributed by atoms with Crippen LogP contribution in [-0.2, 0) is 20.9 Å². The van der Waals surface area contributed by atoms with Crippen LogP contribution >= 0.6 is 11.6 Å². The smallest absolute Gasteiger partial charge is 0.331 e. The Kier molecular flexibility index (Phi) is 7.24. The van der Waals surface area contributed by atoms with Crippen LogP contribution in [0, 0.1) is 0 Å². The standard InChI is InChI=1S/C20H20ClNO4/c1-22(13-16-8-4-6-10-18(16)25-2)19(23)14-26-20(24)12-11-15-7-3-5-9-17(15)21/h3-12H,13-14H2,1-2H3/b12-11+. The van der Waals surface area contributed by atoms with E-state index in [0.717, 1.165) is 5.56 Å². The summed E-state index contributed by atoms with van der Waals surface area (Å²) in [6.45, 7) is 0.0210. The van der Waals surface area contributed by atoms with Crippen molar-refractivity contribution < 1.29 is 19.1 Å². The highest BCUT2D eigenvalue weighted by Crippen LogP contribution is 2.19. The average molecular weight is 374 g/mol. The second-order valence-electron chi connectivity index (χ2n) is 5.52. The number of ether oxygens (including phenoxy) is 2. The lowest BCUT2D eigenvalue weighted by Crippen LogP contribution is -2.30. The first kappa shape index (κ1) is 19.5. The number of nitrogens with zero attached hydrogens (tertiary/aromatic N) is 1. The highest BCUT2D eigenvalue weighted by molar-refractivity contribution is 6.32. The van der Waals surface area contributed by atoms with Gasteiger partial charge in [0.1, 0.15) is 5.75 Å². The predicted molar refractivity (Wildman–Crippen MR) is 101 cm³/mol. The van der Waals surface area contributed by atoms with E-state index < -0.39 is 5.97 Å². The molecule has 0 aliphatic rings. The largest absolute Gasteiger partial charge is 0.496 e. The van der Waals surface area contributed by atoms with Crippen LogP contribution in [0.2, 0.25) is 5.02 Å². The maximum Gasteiger partial charge on any atom is 0.331 e. The Labute approximate surface area is 157 Å². The summed E-state index contributed by atoms with van der Waals surface area (Å²) in [5.41, 5.74) is 1.57. The molecule has 0 radical (unpaired) electrons. The van der Waals surface area contributed by atoms with Crippen LogP contribution in [0.4, 0.5) is 0 Å². The minimum atomic E-state index is -0.607. The second kappa shape index (κ2) is 9.63. The first-order valence-electron chi connectivity index (χ1n) is 7.96. The molecule has 0 spiro atoms. The van der Waals surface area contributed by atoms with E-state index in [-0.39, 0.29) is 12.5 Å². The number of methoxy groups -OCH3 is 1. The van der Waals surface area contributed by atoms with Crippen molar-refractivity contribution >= 4 is 29.6 Å². The van der Waals surface area contributed by atoms with E-state index in [0.29, 0.717) is 22.9 Å². The van der Waals surface area contributed by atoms with Gasteiger partial charge in [0.15, 0.2) is 6.61 Å². The Bertz CT molecular complexity index is 804. The first-order valence-corrected chi connectivity index (χ1v) is 8.34. The van der Waals surface area contributed by atoms with E-state index in [2.05, 4.69) is 0 Å². The molecule has 0 fully saturated rings. The minimum Gasteiger partial charge on any atom is -0.496 e. The first-order chi connectivity index (χ1) is 12.5. The van der Waals surface area contributed by atoms with Gasteiger partial charge in [-0.1, -0.05) is 48.0 Å². The lowest BCUT2D eigenvalue weighted by atomic mass is 10.2. The summed E-state index contributed by atoms with van der Waals surface area (Å²) in [5.74, 6) is -0.217. The summed E-state index contributed by atoms with van der Waals surface area (Å²) < 4.78 is 10.3. The van der Waals surface area contributed by atoms with Crippen LogP contribution in [-0.4, -0.2) is 37.5 Å². The number of esters is 1. The number of carbonyl (C=O) groups excluding carboxylic acids is 2. The predicted octanol–water partition coefficient (Wildman–Crippen LogP) is 3.56. The maximum atomic E-state index is 12.1. The number of hydrogen-bond acceptors (Lipinski definition) is 4. The van der Waals surface area contributed by atoms with Gasteiger partial charge in [-0.15, -0.1) is 0 Å². The molecule has 2 aromatic rings. The fourth-order valence-corrected chi connectivity index (χ4v) is 2.44. The van der Waals surface area contributed by atoms with Crippen molar-refractivity contribution in [1.82, 2.24) is 4.90 Å². The van der Waals surface area contributed by atoms with Gasteiger partial charge in [-0.05, 0) is 23.8 Å². The fourth-order valence-electron chi connectivity index (χ4n) is 2.24. The number of rotatable bonds is 7. The van der Waals surface area contributed by atoms with Gasteiger partial charge in [0.25, 0.3) is 5.91 Å². The van der Waals surface area contributed by atoms with Crippen LogP contribution in [0.5, 0.6) is 5.75 Å². The molecular weight excluding hydrogens is 354 g/mol. The topological polar surface area (TPSA) is 55.8 Å². The number of para-hydroxylation sites is 1. The van der Waals surface area contributed by atoms with Gasteiger partial charge >= 0.3 is 5.97 Å². The van der Waals surface area contributed by atoms with Gasteiger partial charge in [-0.2, -0.15) is 0 Å². The highest BCUT2D eigenvalue weighted by Gasteiger charge is 2.13. The molecule has 0 saturated heterocycles. The number of carbonyl (C=O) groups is 2. The Morgan fingerprint density at radius 1 is 1.12 bits per heavy atom. The molecule has 0 saturated carbocycles. The normalized spacial score (nSPS) is 10.6. The zero-order chi connectivity index (χ0) is 18.9. The van der Waals surface area contributed by atoms with Gasteiger partial charge in [-0.25, -0.2) is 4.79 Å². The van der Waals surface area contributed by atoms with Crippen molar-refractivity contribution in [2.45, 2.75) is 6.54 Å². The molecule has 0 N–H and O–H groups in total. The van der Waals surface area contributed by atoms with Crippen molar-refractivity contribution in [2.24, 2.45) is 0 Å². The third-order valence-corrected chi connectivity index (χ3v) is 4.01. The number of benzene rings is 2. The maximum absolute atomic E-state index is 12.1. The Morgan fingerprint density at radius 2 is 1.81 bits per heavy atom. The molecule has 5 nitrogen and oxygen atoms in total. The Morgan fingerprint density at radius 3 is 2.54 bits per heavy atom. The molecule has 0 bridgehead atoms. The zero-order valence-electron chi connectivity index (χ0n) is 14.6. The molecule has 0 aliphatic carbocycles. The van der Waals surface area contributed by atoms with Crippen LogP contribution in [0.25, 0.3) is 6.08 Å². The van der Waals surface area contributed by atoms with Gasteiger partial charge in [-0.3, -0.25) is 4.79 Å². The number of likely N-dealkylation sites (N-methyl/N-ethyl adjacent to an activating group) is 1. The Balaban J connectivity index is 1.85. The summed E-state index contributed by atoms with van der Waals surface area (Å²) in [5, 5.41) is 0.532. The number of halogens is 1. The molecule has 136 valence electrons. The van der Waals surface area contributed by atoms with Crippen molar-refractivity contribution in [1.29, 1.82) is 0 Å². The Hall–Kier alpha value is -2.79. The van der Waals surface area contributed by atoms with Crippen LogP contribution in [0.3, 0.4) is 0 Å². The molecule has 2 aromatic carbocycles. The van der Waals surface area contributed by atoms with Crippen molar-refractivity contribution in [3.05, 3.63) is 70.8 Å². The number of amides is 1. The molecule has 0 atom stereocenters. The summed E-state index contributed by atoms with van der Waals surface area (Å²) in [6, 6.07) is 14.5. The SMILES string of the molecule is COc1ccccc1CN(C)C(=O)COC(=O)/C=C/c1ccccc1Cl. The average Bonchev–Trinajstić information content (AvgIpc) is 2.65. The molecule has 0 aliphatic heterocycles. The highest BCUT2D eigenvalue weighted by atomic mass is 35.5. The van der Waals surface area contributed by atoms with Crippen LogP contribution in [0.15, 0.2) is 54.6 Å². The summed E-state index contributed by atoms with van der Waals surface area (Å²) in [4.78, 5) is 25.4. The molecule has 2 rings (SSSR count). The van der Waals surface area contributed by atoms with Crippen LogP contribution < -0.4 is 4.74 Å². The monoisotopic (exact) mass is 373 g/mol. The summed E-state index contributed by atoms with van der Waals surface area (Å²) in [7, 11) is 3.22. The van der Waals surface area contributed by atoms with Crippen molar-refractivity contribution in [2.75, 3.05) is 20.8 Å². The second-order valence-corrected chi connectivity index (χ2v) is 5.93.